The van der Waals surface area contributed by atoms with Crippen LogP contribution in [0.25, 0.3) is 26.8 Å². The monoisotopic (exact) mass is 1040 g/mol. The number of nitrogens with zero attached hydrogens (tertiary/aromatic N) is 6. The Bertz CT molecular complexity index is 3500. The molecule has 15 nitrogen and oxygen atoms in total. The van der Waals surface area contributed by atoms with Gasteiger partial charge < -0.3 is 40.1 Å². The maximum absolute atomic E-state index is 14.5. The standard InChI is InChI=1S/C62H66N8O7/c1-38-30-40(31-39(2)56(38)66-67-63)36-70(54(72)22-23-64-35-45(71)37-76-53-19-9-15-41-12-3-4-16-46(41)53)29-24-65-61(73)44-20-21-47(62(74)75)50(34-44)55-51-32-42-13-5-7-25-68-27-10-17-48(57(42)68)59(51)77-60-49-18-11-28-69-26-8-6-14-43(58(49)69)33-52(55)60/h3-4,9,12,15-16,19-21,30-34,45,64,71H,5-8,10-11,13-14,17-18,22-29,35-37H2,1-2H3,(H-,65,73,74,75)/p+1/t45-/m0/s1. The van der Waals surface area contributed by atoms with Crippen LogP contribution in [-0.4, -0.2) is 98.0 Å². The van der Waals surface area contributed by atoms with Gasteiger partial charge in [0.1, 0.15) is 43.0 Å². The number of nitrogens with one attached hydrogen (secondary N) is 2. The van der Waals surface area contributed by atoms with E-state index in [0.717, 1.165) is 146 Å². The highest BCUT2D eigenvalue weighted by molar-refractivity contribution is 6.03. The number of carboxylic acid groups (broad SMARTS) is 1. The molecule has 4 N–H and O–H groups in total. The van der Waals surface area contributed by atoms with Crippen molar-refractivity contribution in [2.75, 3.05) is 63.9 Å². The first-order chi connectivity index (χ1) is 37.5. The lowest BCUT2D eigenvalue weighted by Gasteiger charge is -2.35. The summed E-state index contributed by atoms with van der Waals surface area (Å²) < 4.78 is 15.8. The average molecular weight is 1040 g/mol. The Morgan fingerprint density at radius 1 is 0.844 bits per heavy atom. The molecule has 0 saturated carbocycles. The van der Waals surface area contributed by atoms with Gasteiger partial charge in [0, 0.05) is 120 Å². The molecule has 77 heavy (non-hydrogen) atoms. The number of anilines is 1. The van der Waals surface area contributed by atoms with Gasteiger partial charge in [0.2, 0.25) is 11.3 Å². The zero-order valence-electron chi connectivity index (χ0n) is 44.1. The zero-order chi connectivity index (χ0) is 53.2. The number of carbonyl (C=O) groups excluding carboxylic acids is 2. The van der Waals surface area contributed by atoms with E-state index < -0.39 is 18.0 Å². The summed E-state index contributed by atoms with van der Waals surface area (Å²) in [5.41, 5.74) is 20.9. The number of fused-ring (bicyclic) bond motifs is 5. The highest BCUT2D eigenvalue weighted by atomic mass is 16.5. The van der Waals surface area contributed by atoms with Crippen molar-refractivity contribution >= 4 is 45.5 Å². The third kappa shape index (κ3) is 10.5. The molecule has 0 unspecified atom stereocenters. The Kier molecular flexibility index (Phi) is 15.0. The third-order valence-corrected chi connectivity index (χ3v) is 16.1. The maximum atomic E-state index is 14.5. The molecule has 6 aromatic rings. The fourth-order valence-electron chi connectivity index (χ4n) is 12.6. The van der Waals surface area contributed by atoms with Gasteiger partial charge in [0.05, 0.1) is 11.1 Å². The van der Waals surface area contributed by atoms with Gasteiger partial charge in [-0.25, -0.2) is 9.37 Å². The molecule has 0 saturated heterocycles. The van der Waals surface area contributed by atoms with Gasteiger partial charge in [0.25, 0.3) is 5.91 Å². The number of ether oxygens (including phenoxy) is 2. The number of amides is 2. The predicted octanol–water partition coefficient (Wildman–Crippen LogP) is 8.49. The van der Waals surface area contributed by atoms with Crippen LogP contribution in [0.1, 0.15) is 116 Å². The van der Waals surface area contributed by atoms with Crippen molar-refractivity contribution in [3.05, 3.63) is 167 Å². The predicted molar refractivity (Wildman–Crippen MR) is 298 cm³/mol. The average Bonchev–Trinajstić information content (AvgIpc) is 3.97. The number of hydrogen-bond donors (Lipinski definition) is 4. The second-order valence-electron chi connectivity index (χ2n) is 21.4. The molecule has 1 atom stereocenters. The van der Waals surface area contributed by atoms with E-state index in [9.17, 15) is 30.1 Å². The van der Waals surface area contributed by atoms with E-state index in [1.165, 1.54) is 33.3 Å². The number of azide groups is 1. The number of hydrogen-bond acceptors (Lipinski definition) is 9. The highest BCUT2D eigenvalue weighted by Gasteiger charge is 2.36. The lowest BCUT2D eigenvalue weighted by molar-refractivity contribution is -0.131. The van der Waals surface area contributed by atoms with Crippen LogP contribution < -0.4 is 40.2 Å². The molecule has 0 radical (unpaired) electrons. The third-order valence-electron chi connectivity index (χ3n) is 16.1. The number of aryl methyl sites for hydroxylation is 4. The normalized spacial score (nSPS) is 15.6. The first-order valence-corrected chi connectivity index (χ1v) is 27.6. The summed E-state index contributed by atoms with van der Waals surface area (Å²) in [4.78, 5) is 49.3. The Hall–Kier alpha value is -7.71. The molecule has 0 bridgehead atoms. The molecule has 0 aliphatic carbocycles. The lowest BCUT2D eigenvalue weighted by atomic mass is 9.82. The summed E-state index contributed by atoms with van der Waals surface area (Å²) in [5, 5.41) is 36.1. The van der Waals surface area contributed by atoms with E-state index in [4.69, 9.17) is 9.47 Å². The SMILES string of the molecule is Cc1cc(CN(CCNC(=O)c2ccc(C(=O)O)c(C3=c4cc5c6c(c4Oc4c3cc3c7c4CCCN7CCCC3)CCC[N+]=6CCCC5)c2)C(=O)CCNC[C@H](O)COc2cccc3ccccc23)cc(C)c1N=[N+]=[N-]. The van der Waals surface area contributed by atoms with Crippen LogP contribution in [0.5, 0.6) is 17.2 Å². The highest BCUT2D eigenvalue weighted by Crippen LogP contribution is 2.48. The first-order valence-electron chi connectivity index (χ1n) is 27.6. The molecule has 0 aromatic heterocycles. The smallest absolute Gasteiger partial charge is 0.336 e. The number of aromatic carboxylic acids is 1. The second kappa shape index (κ2) is 22.5. The number of benzene rings is 6. The Morgan fingerprint density at radius 3 is 2.47 bits per heavy atom. The molecule has 2 amide bonds. The summed E-state index contributed by atoms with van der Waals surface area (Å²) in [6.45, 7) is 8.84. The summed E-state index contributed by atoms with van der Waals surface area (Å²) in [6, 6.07) is 26.9. The van der Waals surface area contributed by atoms with Gasteiger partial charge in [-0.15, -0.1) is 0 Å². The van der Waals surface area contributed by atoms with Crippen molar-refractivity contribution in [1.29, 1.82) is 0 Å². The zero-order valence-corrected chi connectivity index (χ0v) is 44.1. The summed E-state index contributed by atoms with van der Waals surface area (Å²) >= 11 is 0. The van der Waals surface area contributed by atoms with Crippen LogP contribution in [0.4, 0.5) is 11.4 Å². The largest absolute Gasteiger partial charge is 0.490 e. The topological polar surface area (TPSA) is 192 Å². The summed E-state index contributed by atoms with van der Waals surface area (Å²) in [6.07, 6.45) is 9.23. The summed E-state index contributed by atoms with van der Waals surface area (Å²) in [5.74, 6) is 0.675. The molecule has 0 spiro atoms. The molecule has 5 heterocycles. The van der Waals surface area contributed by atoms with Crippen LogP contribution in [0.2, 0.25) is 0 Å². The van der Waals surface area contributed by atoms with E-state index in [2.05, 4.69) is 42.3 Å². The van der Waals surface area contributed by atoms with Crippen molar-refractivity contribution in [2.45, 2.75) is 97.1 Å². The van der Waals surface area contributed by atoms with Crippen molar-refractivity contribution in [2.24, 2.45) is 5.11 Å². The molecule has 396 valence electrons. The molecule has 5 aliphatic heterocycles. The van der Waals surface area contributed by atoms with Gasteiger partial charge >= 0.3 is 5.97 Å². The maximum Gasteiger partial charge on any atom is 0.336 e. The van der Waals surface area contributed by atoms with Gasteiger partial charge in [0.15, 0.2) is 0 Å². The van der Waals surface area contributed by atoms with Crippen molar-refractivity contribution in [3.8, 4) is 17.2 Å². The van der Waals surface area contributed by atoms with Gasteiger partial charge in [-0.2, -0.15) is 0 Å². The molecular weight excluding hydrogens is 969 g/mol. The van der Waals surface area contributed by atoms with E-state index in [1.807, 2.05) is 68.4 Å². The van der Waals surface area contributed by atoms with Gasteiger partial charge in [-0.1, -0.05) is 53.6 Å². The van der Waals surface area contributed by atoms with E-state index >= 15 is 0 Å². The second-order valence-corrected chi connectivity index (χ2v) is 21.4. The van der Waals surface area contributed by atoms with E-state index in [-0.39, 0.29) is 50.7 Å². The Balaban J connectivity index is 0.871. The lowest BCUT2D eigenvalue weighted by Crippen LogP contribution is -2.41. The molecule has 11 rings (SSSR count). The Morgan fingerprint density at radius 2 is 1.62 bits per heavy atom. The van der Waals surface area contributed by atoms with Crippen LogP contribution in [0.3, 0.4) is 0 Å². The van der Waals surface area contributed by atoms with Crippen molar-refractivity contribution < 1.29 is 34.1 Å². The molecule has 0 fully saturated rings. The van der Waals surface area contributed by atoms with E-state index in [0.29, 0.717) is 29.1 Å². The number of aliphatic hydroxyl groups is 1. The number of aliphatic hydroxyl groups excluding tert-OH is 1. The van der Waals surface area contributed by atoms with Gasteiger partial charge in [-0.3, -0.25) is 9.59 Å². The number of carboxylic acids is 1. The number of rotatable bonds is 17. The van der Waals surface area contributed by atoms with Crippen LogP contribution in [-0.2, 0) is 37.0 Å². The summed E-state index contributed by atoms with van der Waals surface area (Å²) in [7, 11) is 0. The minimum absolute atomic E-state index is 0.0727. The van der Waals surface area contributed by atoms with Crippen LogP contribution in [0, 0.1) is 13.8 Å². The first kappa shape index (κ1) is 51.4. The van der Waals surface area contributed by atoms with Crippen LogP contribution in [0.15, 0.2) is 90.0 Å². The fraction of sp³-hybridized carbons (Fsp3) is 0.387. The fourth-order valence-corrected chi connectivity index (χ4v) is 12.6. The van der Waals surface area contributed by atoms with Crippen molar-refractivity contribution in [3.63, 3.8) is 0 Å². The molecule has 5 aliphatic rings. The minimum atomic E-state index is -1.08. The minimum Gasteiger partial charge on any atom is -0.490 e. The molecule has 6 aromatic carbocycles. The van der Waals surface area contributed by atoms with Gasteiger partial charge in [-0.05, 0) is 140 Å². The molecule has 15 heteroatoms. The Labute approximate surface area is 448 Å². The number of carbonyl (C=O) groups is 3. The van der Waals surface area contributed by atoms with Crippen molar-refractivity contribution in [1.82, 2.24) is 20.1 Å². The molecular formula is C62H67N8O7+. The van der Waals surface area contributed by atoms with Crippen LogP contribution >= 0.6 is 0 Å². The quantitative estimate of drug-likeness (QED) is 0.0228. The van der Waals surface area contributed by atoms with E-state index in [1.54, 1.807) is 23.1 Å².